The van der Waals surface area contributed by atoms with Gasteiger partial charge < -0.3 is 11.1 Å². The molecule has 2 rings (SSSR count). The molecule has 0 saturated heterocycles. The van der Waals surface area contributed by atoms with E-state index in [-0.39, 0.29) is 0 Å². The van der Waals surface area contributed by atoms with Crippen LogP contribution in [0.2, 0.25) is 0 Å². The molecule has 0 unspecified atom stereocenters. The summed E-state index contributed by atoms with van der Waals surface area (Å²) in [6.45, 7) is 2.46. The zero-order valence-corrected chi connectivity index (χ0v) is 9.31. The summed E-state index contributed by atoms with van der Waals surface area (Å²) in [5.74, 6) is 0.808. The topological polar surface area (TPSA) is 81.7 Å². The summed E-state index contributed by atoms with van der Waals surface area (Å²) in [7, 11) is 1.85. The number of anilines is 2. The number of aryl methyl sites for hydroxylation is 2. The van der Waals surface area contributed by atoms with Gasteiger partial charge in [0, 0.05) is 13.2 Å². The van der Waals surface area contributed by atoms with Gasteiger partial charge in [-0.1, -0.05) is 0 Å². The summed E-state index contributed by atoms with van der Waals surface area (Å²) >= 11 is 0. The van der Waals surface area contributed by atoms with E-state index in [0.29, 0.717) is 12.2 Å². The molecule has 2 heterocycles. The minimum atomic E-state index is 0.580. The van der Waals surface area contributed by atoms with Crippen molar-refractivity contribution in [1.29, 1.82) is 0 Å². The van der Waals surface area contributed by atoms with Gasteiger partial charge in [0.2, 0.25) is 0 Å². The minimum absolute atomic E-state index is 0.580. The van der Waals surface area contributed by atoms with Crippen LogP contribution in [0.4, 0.5) is 11.5 Å². The van der Waals surface area contributed by atoms with Gasteiger partial charge in [-0.05, 0) is 19.1 Å². The molecule has 0 radical (unpaired) electrons. The molecule has 0 aliphatic heterocycles. The Morgan fingerprint density at radius 1 is 1.50 bits per heavy atom. The highest BCUT2D eigenvalue weighted by atomic mass is 15.3. The number of aromatic nitrogens is 4. The first-order valence-corrected chi connectivity index (χ1v) is 4.98. The van der Waals surface area contributed by atoms with E-state index < -0.39 is 0 Å². The van der Waals surface area contributed by atoms with Gasteiger partial charge in [-0.15, -0.1) is 0 Å². The van der Waals surface area contributed by atoms with E-state index in [2.05, 4.69) is 20.6 Å². The summed E-state index contributed by atoms with van der Waals surface area (Å²) in [6, 6.07) is 3.75. The zero-order valence-electron chi connectivity index (χ0n) is 9.31. The largest absolute Gasteiger partial charge is 0.394 e. The van der Waals surface area contributed by atoms with Gasteiger partial charge in [0.25, 0.3) is 0 Å². The highest BCUT2D eigenvalue weighted by molar-refractivity contribution is 5.64. The summed E-state index contributed by atoms with van der Waals surface area (Å²) in [5, 5.41) is 15.2. The van der Waals surface area contributed by atoms with Gasteiger partial charge in [0.05, 0.1) is 23.6 Å². The average Bonchev–Trinajstić information content (AvgIpc) is 2.53. The van der Waals surface area contributed by atoms with Crippen LogP contribution in [0.3, 0.4) is 0 Å². The van der Waals surface area contributed by atoms with Gasteiger partial charge in [-0.25, -0.2) is 0 Å². The lowest BCUT2D eigenvalue weighted by molar-refractivity contribution is 0.756. The van der Waals surface area contributed by atoms with Crippen LogP contribution in [0, 0.1) is 6.92 Å². The van der Waals surface area contributed by atoms with E-state index in [0.717, 1.165) is 17.2 Å². The van der Waals surface area contributed by atoms with Gasteiger partial charge in [0.1, 0.15) is 5.82 Å². The van der Waals surface area contributed by atoms with E-state index in [1.54, 1.807) is 10.9 Å². The van der Waals surface area contributed by atoms with Crippen LogP contribution in [0.1, 0.15) is 11.4 Å². The van der Waals surface area contributed by atoms with Crippen molar-refractivity contribution in [2.45, 2.75) is 13.5 Å². The Balaban J connectivity index is 2.11. The highest BCUT2D eigenvalue weighted by Crippen LogP contribution is 2.21. The number of hydrogen-bond acceptors (Lipinski definition) is 5. The quantitative estimate of drug-likeness (QED) is 0.793. The van der Waals surface area contributed by atoms with Gasteiger partial charge in [0.15, 0.2) is 0 Å². The number of rotatable bonds is 3. The lowest BCUT2D eigenvalue weighted by Gasteiger charge is -2.06. The Morgan fingerprint density at radius 3 is 2.88 bits per heavy atom. The number of nitrogens with two attached hydrogens (primary N) is 1. The van der Waals surface area contributed by atoms with Gasteiger partial charge in [-0.3, -0.25) is 4.68 Å². The molecule has 16 heavy (non-hydrogen) atoms. The molecule has 2 aromatic rings. The van der Waals surface area contributed by atoms with Crippen LogP contribution in [0.15, 0.2) is 18.3 Å². The highest BCUT2D eigenvalue weighted by Gasteiger charge is 2.09. The van der Waals surface area contributed by atoms with Crippen molar-refractivity contribution in [3.8, 4) is 0 Å². The van der Waals surface area contributed by atoms with E-state index in [1.165, 1.54) is 0 Å². The monoisotopic (exact) mass is 218 g/mol. The normalized spacial score (nSPS) is 10.4. The maximum Gasteiger partial charge on any atom is 0.148 e. The third-order valence-electron chi connectivity index (χ3n) is 2.33. The molecule has 0 saturated carbocycles. The Bertz CT molecular complexity index is 476. The molecule has 0 fully saturated rings. The second kappa shape index (κ2) is 4.18. The molecular formula is C10H14N6. The van der Waals surface area contributed by atoms with Gasteiger partial charge in [-0.2, -0.15) is 15.3 Å². The van der Waals surface area contributed by atoms with Crippen LogP contribution in [0.5, 0.6) is 0 Å². The Labute approximate surface area is 93.5 Å². The van der Waals surface area contributed by atoms with Crippen molar-refractivity contribution >= 4 is 11.5 Å². The van der Waals surface area contributed by atoms with E-state index in [1.807, 2.05) is 26.1 Å². The molecule has 0 amide bonds. The molecule has 0 aliphatic carbocycles. The fourth-order valence-corrected chi connectivity index (χ4v) is 1.49. The molecule has 6 heteroatoms. The predicted octanol–water partition coefficient (Wildman–Crippen LogP) is 0.713. The van der Waals surface area contributed by atoms with Crippen LogP contribution in [-0.4, -0.2) is 20.0 Å². The van der Waals surface area contributed by atoms with Crippen LogP contribution in [0.25, 0.3) is 0 Å². The summed E-state index contributed by atoms with van der Waals surface area (Å²) in [4.78, 5) is 0. The van der Waals surface area contributed by atoms with Crippen molar-refractivity contribution < 1.29 is 0 Å². The summed E-state index contributed by atoms with van der Waals surface area (Å²) in [6.07, 6.45) is 1.64. The lowest BCUT2D eigenvalue weighted by atomic mass is 10.3. The van der Waals surface area contributed by atoms with Crippen molar-refractivity contribution in [2.24, 2.45) is 7.05 Å². The van der Waals surface area contributed by atoms with Crippen LogP contribution < -0.4 is 11.1 Å². The second-order valence-corrected chi connectivity index (χ2v) is 3.54. The van der Waals surface area contributed by atoms with Crippen LogP contribution in [-0.2, 0) is 13.6 Å². The smallest absolute Gasteiger partial charge is 0.148 e. The SMILES string of the molecule is Cc1nn(C)c(NCc2cccnn2)c1N. The Morgan fingerprint density at radius 2 is 2.31 bits per heavy atom. The number of nitrogens with zero attached hydrogens (tertiary/aromatic N) is 4. The molecule has 3 N–H and O–H groups in total. The summed E-state index contributed by atoms with van der Waals surface area (Å²) in [5.41, 5.74) is 8.24. The third-order valence-corrected chi connectivity index (χ3v) is 2.33. The molecule has 0 aliphatic rings. The van der Waals surface area contributed by atoms with Gasteiger partial charge >= 0.3 is 0 Å². The molecule has 84 valence electrons. The molecule has 6 nitrogen and oxygen atoms in total. The molecule has 0 bridgehead atoms. The maximum atomic E-state index is 5.89. The summed E-state index contributed by atoms with van der Waals surface area (Å²) < 4.78 is 1.72. The standard InChI is InChI=1S/C10H14N6/c1-7-9(11)10(16(2)15-7)12-6-8-4-3-5-13-14-8/h3-5,12H,6,11H2,1-2H3. The second-order valence-electron chi connectivity index (χ2n) is 3.54. The average molecular weight is 218 g/mol. The molecule has 0 atom stereocenters. The zero-order chi connectivity index (χ0) is 11.5. The van der Waals surface area contributed by atoms with E-state index >= 15 is 0 Å². The molecular weight excluding hydrogens is 204 g/mol. The fraction of sp³-hybridized carbons (Fsp3) is 0.300. The third kappa shape index (κ3) is 1.95. The van der Waals surface area contributed by atoms with Crippen molar-refractivity contribution in [3.05, 3.63) is 29.7 Å². The molecule has 2 aromatic heterocycles. The first-order valence-electron chi connectivity index (χ1n) is 4.98. The van der Waals surface area contributed by atoms with Crippen molar-refractivity contribution in [3.63, 3.8) is 0 Å². The predicted molar refractivity (Wildman–Crippen MR) is 61.7 cm³/mol. The van der Waals surface area contributed by atoms with Crippen LogP contribution >= 0.6 is 0 Å². The lowest BCUT2D eigenvalue weighted by Crippen LogP contribution is -2.07. The van der Waals surface area contributed by atoms with E-state index in [9.17, 15) is 0 Å². The Kier molecular flexibility index (Phi) is 2.72. The first kappa shape index (κ1) is 10.4. The Hall–Kier alpha value is -2.11. The molecule has 0 spiro atoms. The first-order chi connectivity index (χ1) is 7.68. The minimum Gasteiger partial charge on any atom is -0.394 e. The fourth-order valence-electron chi connectivity index (χ4n) is 1.49. The number of nitrogen functional groups attached to an aromatic ring is 1. The van der Waals surface area contributed by atoms with Crippen molar-refractivity contribution in [1.82, 2.24) is 20.0 Å². The number of hydrogen-bond donors (Lipinski definition) is 2. The van der Waals surface area contributed by atoms with Crippen molar-refractivity contribution in [2.75, 3.05) is 11.1 Å². The number of nitrogens with one attached hydrogen (secondary N) is 1. The molecule has 0 aromatic carbocycles. The maximum absolute atomic E-state index is 5.89. The van der Waals surface area contributed by atoms with E-state index in [4.69, 9.17) is 5.73 Å².